The molecule has 0 spiro atoms. The van der Waals surface area contributed by atoms with Crippen molar-refractivity contribution in [3.63, 3.8) is 0 Å². The predicted molar refractivity (Wildman–Crippen MR) is 96.9 cm³/mol. The van der Waals surface area contributed by atoms with E-state index in [9.17, 15) is 4.79 Å². The first kappa shape index (κ1) is 15.5. The number of hydrogen-bond acceptors (Lipinski definition) is 3. The Morgan fingerprint density at radius 2 is 2.08 bits per heavy atom. The molecule has 6 nitrogen and oxygen atoms in total. The molecule has 128 valence electrons. The molecule has 6 heteroatoms. The highest BCUT2D eigenvalue weighted by Crippen LogP contribution is 2.32. The van der Waals surface area contributed by atoms with Gasteiger partial charge in [-0.15, -0.1) is 0 Å². The summed E-state index contributed by atoms with van der Waals surface area (Å²) in [5.41, 5.74) is 3.73. The molecule has 1 aliphatic rings. The summed E-state index contributed by atoms with van der Waals surface area (Å²) in [4.78, 5) is 21.5. The highest BCUT2D eigenvalue weighted by Gasteiger charge is 2.33. The molecule has 4 rings (SSSR count). The molecule has 0 saturated carbocycles. The number of aromatic amines is 1. The average molecular weight is 335 g/mol. The number of imidazole rings is 1. The molecule has 0 aliphatic carbocycles. The molecule has 25 heavy (non-hydrogen) atoms. The summed E-state index contributed by atoms with van der Waals surface area (Å²) in [5, 5.41) is 2.94. The number of benzene rings is 2. The van der Waals surface area contributed by atoms with Crippen molar-refractivity contribution in [1.29, 1.82) is 0 Å². The molecule has 1 aliphatic heterocycles. The van der Waals surface area contributed by atoms with Gasteiger partial charge in [0.25, 0.3) is 0 Å². The SMILES string of the molecule is CCCOc1ccc([C@H]2CNC(=O)N2c2ccc3n[11cH][nH]c3c2)cc1. The van der Waals surface area contributed by atoms with Crippen LogP contribution in [0.4, 0.5) is 10.5 Å². The highest BCUT2D eigenvalue weighted by atomic mass is 16.5. The number of amides is 2. The fraction of sp³-hybridized carbons (Fsp3) is 0.263. The number of aromatic nitrogens is 2. The van der Waals surface area contributed by atoms with E-state index in [1.165, 1.54) is 0 Å². The maximum atomic E-state index is 12.4. The molecule has 1 aromatic heterocycles. The number of hydrogen-bond donors (Lipinski definition) is 2. The Balaban J connectivity index is 1.63. The van der Waals surface area contributed by atoms with Crippen LogP contribution in [0.25, 0.3) is 11.0 Å². The normalized spacial score (nSPS) is 17.1. The van der Waals surface area contributed by atoms with Gasteiger partial charge in [0.05, 0.1) is 30.0 Å². The zero-order chi connectivity index (χ0) is 17.2. The summed E-state index contributed by atoms with van der Waals surface area (Å²) in [7, 11) is 0. The molecule has 2 heterocycles. The number of carbonyl (C=O) groups is 1. The van der Waals surface area contributed by atoms with Crippen LogP contribution in [-0.4, -0.2) is 29.2 Å². The van der Waals surface area contributed by atoms with Crippen molar-refractivity contribution in [2.45, 2.75) is 19.4 Å². The lowest BCUT2D eigenvalue weighted by atomic mass is 10.1. The lowest BCUT2D eigenvalue weighted by Crippen LogP contribution is -2.29. The van der Waals surface area contributed by atoms with Crippen LogP contribution >= 0.6 is 0 Å². The summed E-state index contributed by atoms with van der Waals surface area (Å²) in [6.45, 7) is 3.37. The zero-order valence-electron chi connectivity index (χ0n) is 14.0. The standard InChI is InChI=1S/C19H20N4O2/c1-2-9-25-15-6-3-13(4-7-15)18-11-20-19(24)23(18)14-5-8-16-17(10-14)22-12-21-16/h3-8,10,12,18H,2,9,11H2,1H3,(H,20,24)(H,21,22)/t18-/m1/s1/i12-1. The first-order chi connectivity index (χ1) is 12.3. The number of ether oxygens (including phenoxy) is 1. The third kappa shape index (κ3) is 2.91. The summed E-state index contributed by atoms with van der Waals surface area (Å²) < 4.78 is 5.64. The molecule has 1 fully saturated rings. The highest BCUT2D eigenvalue weighted by molar-refractivity contribution is 5.97. The molecule has 1 atom stereocenters. The van der Waals surface area contributed by atoms with Crippen LogP contribution < -0.4 is 15.0 Å². The minimum atomic E-state index is -0.0878. The van der Waals surface area contributed by atoms with Gasteiger partial charge in [-0.2, -0.15) is 0 Å². The van der Waals surface area contributed by atoms with E-state index in [2.05, 4.69) is 22.2 Å². The fourth-order valence-corrected chi connectivity index (χ4v) is 3.15. The minimum absolute atomic E-state index is 0.0481. The Hall–Kier alpha value is -3.02. The van der Waals surface area contributed by atoms with Gasteiger partial charge >= 0.3 is 6.03 Å². The Kier molecular flexibility index (Phi) is 4.01. The second-order valence-electron chi connectivity index (χ2n) is 6.09. The van der Waals surface area contributed by atoms with Gasteiger partial charge in [0.2, 0.25) is 0 Å². The summed E-state index contributed by atoms with van der Waals surface area (Å²) in [6, 6.07) is 13.6. The van der Waals surface area contributed by atoms with Gasteiger partial charge in [0, 0.05) is 12.2 Å². The van der Waals surface area contributed by atoms with Crippen molar-refractivity contribution in [1.82, 2.24) is 15.3 Å². The van der Waals surface area contributed by atoms with Crippen LogP contribution in [-0.2, 0) is 0 Å². The quantitative estimate of drug-likeness (QED) is 0.748. The summed E-state index contributed by atoms with van der Waals surface area (Å²) in [5.74, 6) is 0.855. The van der Waals surface area contributed by atoms with Crippen LogP contribution in [0.2, 0.25) is 0 Å². The molecule has 2 N–H and O–H groups in total. The van der Waals surface area contributed by atoms with Crippen molar-refractivity contribution in [2.75, 3.05) is 18.1 Å². The molecule has 0 radical (unpaired) electrons. The maximum Gasteiger partial charge on any atom is 0.322 e. The number of anilines is 1. The lowest BCUT2D eigenvalue weighted by Gasteiger charge is -2.23. The predicted octanol–water partition coefficient (Wildman–Crippen LogP) is 3.62. The smallest absolute Gasteiger partial charge is 0.322 e. The largest absolute Gasteiger partial charge is 0.494 e. The second kappa shape index (κ2) is 6.47. The molecule has 0 unspecified atom stereocenters. The number of fused-ring (bicyclic) bond motifs is 1. The number of nitrogens with one attached hydrogen (secondary N) is 2. The first-order valence-electron chi connectivity index (χ1n) is 8.49. The number of rotatable bonds is 5. The van der Waals surface area contributed by atoms with Gasteiger partial charge in [-0.1, -0.05) is 19.1 Å². The van der Waals surface area contributed by atoms with Gasteiger partial charge in [-0.25, -0.2) is 9.78 Å². The van der Waals surface area contributed by atoms with E-state index in [0.29, 0.717) is 13.2 Å². The summed E-state index contributed by atoms with van der Waals surface area (Å²) >= 11 is 0. The Bertz CT molecular complexity index is 888. The molecule has 2 aromatic carbocycles. The van der Waals surface area contributed by atoms with E-state index < -0.39 is 0 Å². The van der Waals surface area contributed by atoms with E-state index in [1.54, 1.807) is 11.2 Å². The van der Waals surface area contributed by atoms with Crippen LogP contribution in [0.15, 0.2) is 48.8 Å². The third-order valence-corrected chi connectivity index (χ3v) is 4.40. The van der Waals surface area contributed by atoms with Crippen LogP contribution in [0.3, 0.4) is 0 Å². The second-order valence-corrected chi connectivity index (χ2v) is 6.09. The molecular formula is C19H20N4O2. The molecule has 1 saturated heterocycles. The van der Waals surface area contributed by atoms with Gasteiger partial charge in [-0.05, 0) is 42.3 Å². The number of nitrogens with zero attached hydrogens (tertiary/aromatic N) is 2. The number of H-pyrrole nitrogens is 1. The van der Waals surface area contributed by atoms with E-state index in [0.717, 1.165) is 34.5 Å². The molecule has 3 aromatic rings. The van der Waals surface area contributed by atoms with Gasteiger partial charge < -0.3 is 15.0 Å². The van der Waals surface area contributed by atoms with Crippen molar-refractivity contribution >= 4 is 22.8 Å². The van der Waals surface area contributed by atoms with Gasteiger partial charge in [0.15, 0.2) is 0 Å². The molecule has 0 bridgehead atoms. The van der Waals surface area contributed by atoms with Gasteiger partial charge in [0.1, 0.15) is 5.75 Å². The Morgan fingerprint density at radius 3 is 2.88 bits per heavy atom. The van der Waals surface area contributed by atoms with E-state index >= 15 is 0 Å². The van der Waals surface area contributed by atoms with Crippen LogP contribution in [0, 0.1) is 0 Å². The lowest BCUT2D eigenvalue weighted by molar-refractivity contribution is 0.251. The van der Waals surface area contributed by atoms with Crippen molar-refractivity contribution < 1.29 is 9.53 Å². The van der Waals surface area contributed by atoms with Crippen LogP contribution in [0.1, 0.15) is 24.9 Å². The van der Waals surface area contributed by atoms with Gasteiger partial charge in [-0.3, -0.25) is 4.90 Å². The van der Waals surface area contributed by atoms with E-state index in [-0.39, 0.29) is 12.1 Å². The minimum Gasteiger partial charge on any atom is -0.494 e. The van der Waals surface area contributed by atoms with Crippen molar-refractivity contribution in [2.24, 2.45) is 0 Å². The average Bonchev–Trinajstić information content (AvgIpc) is 3.26. The van der Waals surface area contributed by atoms with Crippen molar-refractivity contribution in [3.8, 4) is 5.75 Å². The van der Waals surface area contributed by atoms with Crippen molar-refractivity contribution in [3.05, 3.63) is 54.4 Å². The van der Waals surface area contributed by atoms with Crippen LogP contribution in [0.5, 0.6) is 5.75 Å². The number of urea groups is 1. The van der Waals surface area contributed by atoms with E-state index in [4.69, 9.17) is 4.74 Å². The topological polar surface area (TPSA) is 70.2 Å². The third-order valence-electron chi connectivity index (χ3n) is 4.40. The maximum absolute atomic E-state index is 12.4. The molecule has 2 amide bonds. The summed E-state index contributed by atoms with van der Waals surface area (Å²) in [6.07, 6.45) is 2.64. The Morgan fingerprint density at radius 1 is 1.24 bits per heavy atom. The van der Waals surface area contributed by atoms with E-state index in [1.807, 2.05) is 42.5 Å². The number of carbonyl (C=O) groups excluding carboxylic acids is 1. The molecular weight excluding hydrogens is 315 g/mol. The fourth-order valence-electron chi connectivity index (χ4n) is 3.15. The monoisotopic (exact) mass is 335 g/mol. The Labute approximate surface area is 145 Å². The first-order valence-corrected chi connectivity index (χ1v) is 8.49. The zero-order valence-corrected chi connectivity index (χ0v) is 14.0.